The van der Waals surface area contributed by atoms with Gasteiger partial charge in [0.05, 0.1) is 13.2 Å². The van der Waals surface area contributed by atoms with Gasteiger partial charge < -0.3 is 14.2 Å². The number of hydrogen-bond donors (Lipinski definition) is 0. The Labute approximate surface area is 106 Å². The SMILES string of the molecule is CCC1(CC)OC2CC(C(=O)OC)=CC(=O)C2O1. The molecule has 0 amide bonds. The third-order valence-corrected chi connectivity index (χ3v) is 3.59. The molecule has 2 rings (SSSR count). The summed E-state index contributed by atoms with van der Waals surface area (Å²) >= 11 is 0. The maximum absolute atomic E-state index is 11.9. The van der Waals surface area contributed by atoms with Gasteiger partial charge >= 0.3 is 5.97 Å². The Bertz CT molecular complexity index is 394. The van der Waals surface area contributed by atoms with E-state index in [1.54, 1.807) is 0 Å². The summed E-state index contributed by atoms with van der Waals surface area (Å²) in [4.78, 5) is 23.4. The minimum atomic E-state index is -0.690. The zero-order valence-corrected chi connectivity index (χ0v) is 10.9. The number of fused-ring (bicyclic) bond motifs is 1. The van der Waals surface area contributed by atoms with Crippen LogP contribution in [0.25, 0.3) is 0 Å². The molecule has 2 aliphatic rings. The molecule has 1 heterocycles. The standard InChI is InChI=1S/C13H18O5/c1-4-13(5-2)17-10-7-8(12(15)16-3)6-9(14)11(10)18-13/h6,10-11H,4-5,7H2,1-3H3. The lowest BCUT2D eigenvalue weighted by Crippen LogP contribution is -2.35. The maximum atomic E-state index is 11.9. The topological polar surface area (TPSA) is 61.8 Å². The molecule has 2 unspecified atom stereocenters. The van der Waals surface area contributed by atoms with E-state index in [1.165, 1.54) is 13.2 Å². The largest absolute Gasteiger partial charge is 0.466 e. The van der Waals surface area contributed by atoms with Crippen LogP contribution in [0, 0.1) is 0 Å². The molecular weight excluding hydrogens is 236 g/mol. The Hall–Kier alpha value is -1.20. The van der Waals surface area contributed by atoms with Crippen molar-refractivity contribution < 1.29 is 23.8 Å². The van der Waals surface area contributed by atoms with Crippen molar-refractivity contribution in [3.05, 3.63) is 11.6 Å². The predicted molar refractivity (Wildman–Crippen MR) is 62.8 cm³/mol. The van der Waals surface area contributed by atoms with Gasteiger partial charge in [-0.15, -0.1) is 0 Å². The zero-order chi connectivity index (χ0) is 13.3. The van der Waals surface area contributed by atoms with E-state index in [-0.39, 0.29) is 11.9 Å². The van der Waals surface area contributed by atoms with Crippen LogP contribution in [0.5, 0.6) is 0 Å². The van der Waals surface area contributed by atoms with Gasteiger partial charge in [-0.05, 0) is 18.9 Å². The Morgan fingerprint density at radius 3 is 2.67 bits per heavy atom. The van der Waals surface area contributed by atoms with Crippen molar-refractivity contribution in [2.24, 2.45) is 0 Å². The van der Waals surface area contributed by atoms with Crippen LogP contribution in [0.1, 0.15) is 33.1 Å². The molecule has 2 atom stereocenters. The van der Waals surface area contributed by atoms with Gasteiger partial charge in [0.2, 0.25) is 0 Å². The highest BCUT2D eigenvalue weighted by Gasteiger charge is 2.50. The second kappa shape index (κ2) is 4.82. The molecule has 18 heavy (non-hydrogen) atoms. The Kier molecular flexibility index (Phi) is 3.54. The smallest absolute Gasteiger partial charge is 0.333 e. The molecule has 0 radical (unpaired) electrons. The van der Waals surface area contributed by atoms with E-state index in [4.69, 9.17) is 9.47 Å². The summed E-state index contributed by atoms with van der Waals surface area (Å²) < 4.78 is 16.2. The minimum absolute atomic E-state index is 0.213. The molecule has 0 aromatic rings. The molecule has 0 saturated carbocycles. The van der Waals surface area contributed by atoms with Crippen LogP contribution in [0.2, 0.25) is 0 Å². The van der Waals surface area contributed by atoms with E-state index in [0.29, 0.717) is 24.8 Å². The summed E-state index contributed by atoms with van der Waals surface area (Å²) in [5, 5.41) is 0. The first-order valence-electron chi connectivity index (χ1n) is 6.23. The van der Waals surface area contributed by atoms with Gasteiger partial charge in [0.25, 0.3) is 0 Å². The van der Waals surface area contributed by atoms with Crippen molar-refractivity contribution in [3.8, 4) is 0 Å². The number of esters is 1. The monoisotopic (exact) mass is 254 g/mol. The lowest BCUT2D eigenvalue weighted by molar-refractivity contribution is -0.179. The molecule has 100 valence electrons. The second-order valence-corrected chi connectivity index (χ2v) is 4.58. The fraction of sp³-hybridized carbons (Fsp3) is 0.692. The van der Waals surface area contributed by atoms with E-state index in [0.717, 1.165) is 0 Å². The molecule has 5 heteroatoms. The lowest BCUT2D eigenvalue weighted by Gasteiger charge is -2.24. The first-order valence-corrected chi connectivity index (χ1v) is 6.23. The molecule has 0 spiro atoms. The number of rotatable bonds is 3. The Morgan fingerprint density at radius 2 is 2.11 bits per heavy atom. The average Bonchev–Trinajstić information content (AvgIpc) is 2.78. The van der Waals surface area contributed by atoms with Crippen molar-refractivity contribution in [2.45, 2.75) is 51.1 Å². The molecule has 5 nitrogen and oxygen atoms in total. The molecule has 0 bridgehead atoms. The van der Waals surface area contributed by atoms with Crippen LogP contribution in [0.15, 0.2) is 11.6 Å². The summed E-state index contributed by atoms with van der Waals surface area (Å²) in [5.41, 5.74) is 0.357. The van der Waals surface area contributed by atoms with E-state index in [2.05, 4.69) is 4.74 Å². The fourth-order valence-electron chi connectivity index (χ4n) is 2.45. The number of carbonyl (C=O) groups excluding carboxylic acids is 2. The molecule has 1 saturated heterocycles. The highest BCUT2D eigenvalue weighted by atomic mass is 16.8. The molecule has 0 N–H and O–H groups in total. The van der Waals surface area contributed by atoms with Gasteiger partial charge in [0.1, 0.15) is 6.10 Å². The van der Waals surface area contributed by atoms with Crippen molar-refractivity contribution >= 4 is 11.8 Å². The van der Waals surface area contributed by atoms with Crippen LogP contribution < -0.4 is 0 Å². The average molecular weight is 254 g/mol. The minimum Gasteiger partial charge on any atom is -0.466 e. The highest BCUT2D eigenvalue weighted by molar-refractivity contribution is 6.03. The molecule has 0 aromatic carbocycles. The third kappa shape index (κ3) is 2.08. The van der Waals surface area contributed by atoms with Gasteiger partial charge in [-0.25, -0.2) is 4.79 Å². The van der Waals surface area contributed by atoms with E-state index in [9.17, 15) is 9.59 Å². The van der Waals surface area contributed by atoms with Crippen LogP contribution >= 0.6 is 0 Å². The van der Waals surface area contributed by atoms with Gasteiger partial charge in [-0.2, -0.15) is 0 Å². The van der Waals surface area contributed by atoms with Crippen molar-refractivity contribution in [1.29, 1.82) is 0 Å². The highest BCUT2D eigenvalue weighted by Crippen LogP contribution is 2.39. The van der Waals surface area contributed by atoms with Crippen molar-refractivity contribution in [3.63, 3.8) is 0 Å². The third-order valence-electron chi connectivity index (χ3n) is 3.59. The predicted octanol–water partition coefficient (Wildman–Crippen LogP) is 1.36. The van der Waals surface area contributed by atoms with E-state index in [1.807, 2.05) is 13.8 Å². The summed E-state index contributed by atoms with van der Waals surface area (Å²) in [6, 6.07) is 0. The Morgan fingerprint density at radius 1 is 1.44 bits per heavy atom. The van der Waals surface area contributed by atoms with Gasteiger partial charge in [0.15, 0.2) is 11.6 Å². The van der Waals surface area contributed by atoms with Crippen LogP contribution in [0.4, 0.5) is 0 Å². The quantitative estimate of drug-likeness (QED) is 0.712. The van der Waals surface area contributed by atoms with Crippen LogP contribution in [-0.4, -0.2) is 36.9 Å². The number of ether oxygens (including phenoxy) is 3. The van der Waals surface area contributed by atoms with Gasteiger partial charge in [-0.3, -0.25) is 4.79 Å². The number of ketones is 1. The Balaban J connectivity index is 2.19. The fourth-order valence-corrected chi connectivity index (χ4v) is 2.45. The van der Waals surface area contributed by atoms with E-state index >= 15 is 0 Å². The van der Waals surface area contributed by atoms with Crippen molar-refractivity contribution in [2.75, 3.05) is 7.11 Å². The molecule has 1 aliphatic carbocycles. The number of carbonyl (C=O) groups is 2. The lowest BCUT2D eigenvalue weighted by atomic mass is 9.93. The zero-order valence-electron chi connectivity index (χ0n) is 10.9. The number of hydrogen-bond acceptors (Lipinski definition) is 5. The van der Waals surface area contributed by atoms with Crippen molar-refractivity contribution in [1.82, 2.24) is 0 Å². The number of methoxy groups -OCH3 is 1. The molecule has 0 aromatic heterocycles. The summed E-state index contributed by atoms with van der Waals surface area (Å²) in [6.45, 7) is 3.92. The maximum Gasteiger partial charge on any atom is 0.333 e. The molecular formula is C13H18O5. The summed E-state index contributed by atoms with van der Waals surface area (Å²) in [5.74, 6) is -1.38. The normalized spacial score (nSPS) is 29.7. The second-order valence-electron chi connectivity index (χ2n) is 4.58. The van der Waals surface area contributed by atoms with Gasteiger partial charge in [-0.1, -0.05) is 13.8 Å². The van der Waals surface area contributed by atoms with Gasteiger partial charge in [0, 0.05) is 12.0 Å². The summed E-state index contributed by atoms with van der Waals surface area (Å²) in [6.07, 6.45) is 2.08. The summed E-state index contributed by atoms with van der Waals surface area (Å²) in [7, 11) is 1.30. The molecule has 1 fully saturated rings. The van der Waals surface area contributed by atoms with Crippen LogP contribution in [-0.2, 0) is 23.8 Å². The first-order chi connectivity index (χ1) is 8.55. The molecule has 1 aliphatic heterocycles. The van der Waals surface area contributed by atoms with E-state index < -0.39 is 17.9 Å². The van der Waals surface area contributed by atoms with Crippen LogP contribution in [0.3, 0.4) is 0 Å². The first kappa shape index (κ1) is 13.2.